The molecule has 2 nitrogen and oxygen atoms in total. The van der Waals surface area contributed by atoms with Crippen LogP contribution in [0.25, 0.3) is 0 Å². The van der Waals surface area contributed by atoms with Crippen molar-refractivity contribution in [3.8, 4) is 0 Å². The maximum Gasteiger partial charge on any atom is 0.219 e. The lowest BCUT2D eigenvalue weighted by Crippen LogP contribution is -2.38. The molecule has 1 saturated heterocycles. The molecule has 0 bridgehead atoms. The second-order valence-electron chi connectivity index (χ2n) is 3.48. The number of piperidine rings is 1. The van der Waals surface area contributed by atoms with E-state index in [1.54, 1.807) is 6.92 Å². The smallest absolute Gasteiger partial charge is 0.219 e. The van der Waals surface area contributed by atoms with E-state index in [1.165, 1.54) is 5.57 Å². The number of amides is 1. The zero-order valence-electron chi connectivity index (χ0n) is 8.13. The molecule has 1 heterocycles. The van der Waals surface area contributed by atoms with Gasteiger partial charge in [0, 0.05) is 20.0 Å². The third kappa shape index (κ3) is 1.87. The molecule has 0 radical (unpaired) electrons. The molecule has 0 N–H and O–H groups in total. The minimum atomic E-state index is 0.206. The van der Waals surface area contributed by atoms with Crippen molar-refractivity contribution in [1.82, 2.24) is 4.90 Å². The summed E-state index contributed by atoms with van der Waals surface area (Å²) in [4.78, 5) is 13.0. The van der Waals surface area contributed by atoms with E-state index in [4.69, 9.17) is 0 Å². The number of likely N-dealkylation sites (tertiary alicyclic amines) is 1. The van der Waals surface area contributed by atoms with E-state index in [2.05, 4.69) is 19.9 Å². The van der Waals surface area contributed by atoms with E-state index in [-0.39, 0.29) is 5.91 Å². The average Bonchev–Trinajstić information content (AvgIpc) is 2.04. The molecule has 1 unspecified atom stereocenters. The lowest BCUT2D eigenvalue weighted by Gasteiger charge is -2.32. The van der Waals surface area contributed by atoms with Crippen LogP contribution in [0.1, 0.15) is 27.2 Å². The summed E-state index contributed by atoms with van der Waals surface area (Å²) in [6.07, 6.45) is 3.24. The highest BCUT2D eigenvalue weighted by atomic mass is 16.2. The van der Waals surface area contributed by atoms with E-state index in [1.807, 2.05) is 4.90 Å². The lowest BCUT2D eigenvalue weighted by atomic mass is 9.93. The summed E-state index contributed by atoms with van der Waals surface area (Å²) >= 11 is 0. The molecule has 2 heteroatoms. The Labute approximate surface area is 74.2 Å². The molecule has 68 valence electrons. The minimum absolute atomic E-state index is 0.206. The van der Waals surface area contributed by atoms with E-state index >= 15 is 0 Å². The van der Waals surface area contributed by atoms with Crippen LogP contribution in [0.3, 0.4) is 0 Å². The molecule has 1 amide bonds. The number of carbonyl (C=O) groups is 1. The van der Waals surface area contributed by atoms with Gasteiger partial charge in [0.15, 0.2) is 0 Å². The van der Waals surface area contributed by atoms with Gasteiger partial charge >= 0.3 is 0 Å². The van der Waals surface area contributed by atoms with Crippen LogP contribution in [0.4, 0.5) is 0 Å². The van der Waals surface area contributed by atoms with Gasteiger partial charge in [-0.2, -0.15) is 0 Å². The van der Waals surface area contributed by atoms with Crippen LogP contribution < -0.4 is 0 Å². The maximum absolute atomic E-state index is 11.0. The molecule has 12 heavy (non-hydrogen) atoms. The SMILES string of the molecule is C/C=C1/CCN(C(C)=O)CC1C. The Balaban J connectivity index is 2.57. The standard InChI is InChI=1S/C10H17NO/c1-4-10-5-6-11(9(3)12)7-8(10)2/h4,8H,5-7H2,1-3H3/b10-4-. The van der Waals surface area contributed by atoms with Gasteiger partial charge < -0.3 is 4.90 Å². The fourth-order valence-corrected chi connectivity index (χ4v) is 1.76. The third-order valence-electron chi connectivity index (χ3n) is 2.61. The monoisotopic (exact) mass is 167 g/mol. The van der Waals surface area contributed by atoms with Gasteiger partial charge in [-0.25, -0.2) is 0 Å². The van der Waals surface area contributed by atoms with Gasteiger partial charge in [0.05, 0.1) is 0 Å². The molecule has 0 aliphatic carbocycles. The Morgan fingerprint density at radius 1 is 1.67 bits per heavy atom. The van der Waals surface area contributed by atoms with Crippen molar-refractivity contribution in [3.63, 3.8) is 0 Å². The molecule has 1 aliphatic heterocycles. The van der Waals surface area contributed by atoms with Crippen LogP contribution in [0.15, 0.2) is 11.6 Å². The quantitative estimate of drug-likeness (QED) is 0.504. The molecule has 0 aromatic heterocycles. The molecule has 1 fully saturated rings. The summed E-state index contributed by atoms with van der Waals surface area (Å²) in [6, 6.07) is 0. The van der Waals surface area contributed by atoms with Gasteiger partial charge in [0.25, 0.3) is 0 Å². The number of rotatable bonds is 0. The molecule has 0 aromatic rings. The second kappa shape index (κ2) is 3.74. The molecule has 0 saturated carbocycles. The molecule has 1 aliphatic rings. The zero-order chi connectivity index (χ0) is 9.14. The number of hydrogen-bond acceptors (Lipinski definition) is 1. The minimum Gasteiger partial charge on any atom is -0.342 e. The van der Waals surface area contributed by atoms with Crippen molar-refractivity contribution in [2.75, 3.05) is 13.1 Å². The highest BCUT2D eigenvalue weighted by Gasteiger charge is 2.21. The average molecular weight is 167 g/mol. The maximum atomic E-state index is 11.0. The second-order valence-corrected chi connectivity index (χ2v) is 3.48. The van der Waals surface area contributed by atoms with Crippen molar-refractivity contribution in [2.24, 2.45) is 5.92 Å². The predicted octanol–water partition coefficient (Wildman–Crippen LogP) is 1.82. The predicted molar refractivity (Wildman–Crippen MR) is 49.8 cm³/mol. The molecular formula is C10H17NO. The summed E-state index contributed by atoms with van der Waals surface area (Å²) in [7, 11) is 0. The largest absolute Gasteiger partial charge is 0.342 e. The van der Waals surface area contributed by atoms with Crippen LogP contribution in [-0.4, -0.2) is 23.9 Å². The summed E-state index contributed by atoms with van der Waals surface area (Å²) in [5.41, 5.74) is 1.49. The first-order valence-electron chi connectivity index (χ1n) is 4.55. The van der Waals surface area contributed by atoms with Gasteiger partial charge in [-0.3, -0.25) is 4.79 Å². The highest BCUT2D eigenvalue weighted by molar-refractivity contribution is 5.73. The highest BCUT2D eigenvalue weighted by Crippen LogP contribution is 2.21. The summed E-state index contributed by atoms with van der Waals surface area (Å²) in [6.45, 7) is 7.71. The Morgan fingerprint density at radius 2 is 2.33 bits per heavy atom. The number of carbonyl (C=O) groups excluding carboxylic acids is 1. The fourth-order valence-electron chi connectivity index (χ4n) is 1.76. The molecule has 0 spiro atoms. The first-order valence-corrected chi connectivity index (χ1v) is 4.55. The Hall–Kier alpha value is -0.790. The van der Waals surface area contributed by atoms with Gasteiger partial charge in [-0.05, 0) is 19.3 Å². The summed E-state index contributed by atoms with van der Waals surface area (Å²) in [5, 5.41) is 0. The zero-order valence-corrected chi connectivity index (χ0v) is 8.13. The topological polar surface area (TPSA) is 20.3 Å². The van der Waals surface area contributed by atoms with Crippen molar-refractivity contribution >= 4 is 5.91 Å². The molecular weight excluding hydrogens is 150 g/mol. The summed E-state index contributed by atoms with van der Waals surface area (Å²) < 4.78 is 0. The van der Waals surface area contributed by atoms with Gasteiger partial charge in [-0.1, -0.05) is 18.6 Å². The first kappa shape index (κ1) is 9.30. The first-order chi connectivity index (χ1) is 5.65. The van der Waals surface area contributed by atoms with Gasteiger partial charge in [0.2, 0.25) is 5.91 Å². The van der Waals surface area contributed by atoms with E-state index in [0.29, 0.717) is 5.92 Å². The van der Waals surface area contributed by atoms with Crippen LogP contribution in [0.2, 0.25) is 0 Å². The van der Waals surface area contributed by atoms with E-state index in [9.17, 15) is 4.79 Å². The van der Waals surface area contributed by atoms with Crippen molar-refractivity contribution in [1.29, 1.82) is 0 Å². The van der Waals surface area contributed by atoms with Crippen LogP contribution in [-0.2, 0) is 4.79 Å². The lowest BCUT2D eigenvalue weighted by molar-refractivity contribution is -0.129. The number of nitrogens with zero attached hydrogens (tertiary/aromatic N) is 1. The Bertz CT molecular complexity index is 208. The van der Waals surface area contributed by atoms with Crippen molar-refractivity contribution < 1.29 is 4.79 Å². The molecule has 1 rings (SSSR count). The summed E-state index contributed by atoms with van der Waals surface area (Å²) in [5.74, 6) is 0.754. The van der Waals surface area contributed by atoms with E-state index in [0.717, 1.165) is 19.5 Å². The normalized spacial score (nSPS) is 27.8. The number of hydrogen-bond donors (Lipinski definition) is 0. The van der Waals surface area contributed by atoms with Crippen LogP contribution in [0.5, 0.6) is 0 Å². The number of allylic oxidation sites excluding steroid dienone is 1. The molecule has 1 atom stereocenters. The van der Waals surface area contributed by atoms with Gasteiger partial charge in [0.1, 0.15) is 0 Å². The van der Waals surface area contributed by atoms with E-state index < -0.39 is 0 Å². The third-order valence-corrected chi connectivity index (χ3v) is 2.61. The van der Waals surface area contributed by atoms with Crippen LogP contribution >= 0.6 is 0 Å². The Kier molecular flexibility index (Phi) is 2.90. The van der Waals surface area contributed by atoms with Gasteiger partial charge in [-0.15, -0.1) is 0 Å². The Morgan fingerprint density at radius 3 is 2.75 bits per heavy atom. The van der Waals surface area contributed by atoms with Crippen molar-refractivity contribution in [2.45, 2.75) is 27.2 Å². The fraction of sp³-hybridized carbons (Fsp3) is 0.700. The van der Waals surface area contributed by atoms with Crippen LogP contribution in [0, 0.1) is 5.92 Å². The molecule has 0 aromatic carbocycles. The van der Waals surface area contributed by atoms with Crippen molar-refractivity contribution in [3.05, 3.63) is 11.6 Å².